The lowest BCUT2D eigenvalue weighted by Crippen LogP contribution is -2.48. The zero-order valence-electron chi connectivity index (χ0n) is 14.0. The highest BCUT2D eigenvalue weighted by atomic mass is 127. The second-order valence-corrected chi connectivity index (χ2v) is 6.11. The summed E-state index contributed by atoms with van der Waals surface area (Å²) in [6, 6.07) is 7.89. The number of benzene rings is 1. The fourth-order valence-corrected chi connectivity index (χ4v) is 2.78. The van der Waals surface area contributed by atoms with Crippen molar-refractivity contribution in [2.75, 3.05) is 47.4 Å². The largest absolute Gasteiger partial charge is 0.374 e. The molecular formula is C16H26ClIN4O. The molecule has 5 nitrogen and oxygen atoms in total. The van der Waals surface area contributed by atoms with Crippen molar-refractivity contribution in [1.82, 2.24) is 15.1 Å². The van der Waals surface area contributed by atoms with Crippen LogP contribution in [0.5, 0.6) is 0 Å². The number of nitrogens with one attached hydrogen (secondary N) is 1. The van der Waals surface area contributed by atoms with Crippen molar-refractivity contribution in [1.29, 1.82) is 0 Å². The molecule has 1 aromatic rings. The molecule has 0 saturated carbocycles. The molecular weight excluding hydrogens is 427 g/mol. The number of ether oxygens (including phenoxy) is 1. The molecule has 1 atom stereocenters. The van der Waals surface area contributed by atoms with Crippen LogP contribution < -0.4 is 5.32 Å². The molecule has 0 aliphatic carbocycles. The zero-order valence-corrected chi connectivity index (χ0v) is 17.0. The summed E-state index contributed by atoms with van der Waals surface area (Å²) in [5.74, 6) is 0.858. The average molecular weight is 453 g/mol. The molecule has 0 amide bonds. The fraction of sp³-hybridized carbons (Fsp3) is 0.562. The monoisotopic (exact) mass is 452 g/mol. The van der Waals surface area contributed by atoms with Crippen molar-refractivity contribution in [3.63, 3.8) is 0 Å². The summed E-state index contributed by atoms with van der Waals surface area (Å²) in [5, 5.41) is 4.14. The minimum absolute atomic E-state index is 0. The van der Waals surface area contributed by atoms with Gasteiger partial charge in [-0.25, -0.2) is 0 Å². The Balaban J connectivity index is 0.00000264. The van der Waals surface area contributed by atoms with E-state index in [1.54, 1.807) is 7.05 Å². The number of aliphatic imine (C=N–C) groups is 1. The van der Waals surface area contributed by atoms with E-state index >= 15 is 0 Å². The van der Waals surface area contributed by atoms with E-state index in [-0.39, 0.29) is 30.1 Å². The molecule has 2 rings (SSSR count). The van der Waals surface area contributed by atoms with E-state index in [9.17, 15) is 0 Å². The normalized spacial score (nSPS) is 19.1. The van der Waals surface area contributed by atoms with Gasteiger partial charge in [0.15, 0.2) is 5.96 Å². The Kier molecular flexibility index (Phi) is 9.19. The molecule has 0 spiro atoms. The fourth-order valence-electron chi connectivity index (χ4n) is 2.56. The van der Waals surface area contributed by atoms with E-state index in [1.807, 2.05) is 25.2 Å². The molecule has 1 heterocycles. The third kappa shape index (κ3) is 6.82. The van der Waals surface area contributed by atoms with Gasteiger partial charge in [-0.1, -0.05) is 23.7 Å². The van der Waals surface area contributed by atoms with Crippen molar-refractivity contribution < 1.29 is 4.74 Å². The van der Waals surface area contributed by atoms with Crippen LogP contribution in [0.2, 0.25) is 5.02 Å². The average Bonchev–Trinajstić information content (AvgIpc) is 2.48. The SMILES string of the molecule is CN=C(NCC1CN(C)CCO1)N(C)Cc1cccc(Cl)c1.I. The summed E-state index contributed by atoms with van der Waals surface area (Å²) in [6.07, 6.45) is 0.204. The topological polar surface area (TPSA) is 40.1 Å². The standard InChI is InChI=1S/C16H25ClN4O.HI/c1-18-16(19-10-15-12-20(2)7-8-22-15)21(3)11-13-5-4-6-14(17)9-13;/h4-6,9,15H,7-8,10-12H2,1-3H3,(H,18,19);1H. The van der Waals surface area contributed by atoms with Gasteiger partial charge < -0.3 is 19.9 Å². The maximum Gasteiger partial charge on any atom is 0.193 e. The van der Waals surface area contributed by atoms with Gasteiger partial charge in [-0.05, 0) is 24.7 Å². The van der Waals surface area contributed by atoms with Crippen LogP contribution >= 0.6 is 35.6 Å². The highest BCUT2D eigenvalue weighted by molar-refractivity contribution is 14.0. The minimum Gasteiger partial charge on any atom is -0.374 e. The van der Waals surface area contributed by atoms with Crippen LogP contribution in [0.25, 0.3) is 0 Å². The molecule has 1 unspecified atom stereocenters. The lowest BCUT2D eigenvalue weighted by atomic mass is 10.2. The van der Waals surface area contributed by atoms with Gasteiger partial charge in [0.25, 0.3) is 0 Å². The third-order valence-corrected chi connectivity index (χ3v) is 3.95. The highest BCUT2D eigenvalue weighted by Crippen LogP contribution is 2.12. The van der Waals surface area contributed by atoms with Gasteiger partial charge in [-0.2, -0.15) is 0 Å². The predicted molar refractivity (Wildman–Crippen MR) is 107 cm³/mol. The van der Waals surface area contributed by atoms with Crippen LogP contribution in [0.3, 0.4) is 0 Å². The first-order chi connectivity index (χ1) is 10.6. The van der Waals surface area contributed by atoms with Crippen LogP contribution in [0.15, 0.2) is 29.3 Å². The number of hydrogen-bond donors (Lipinski definition) is 1. The maximum atomic E-state index is 6.03. The Morgan fingerprint density at radius 2 is 2.30 bits per heavy atom. The van der Waals surface area contributed by atoms with E-state index in [2.05, 4.69) is 33.2 Å². The molecule has 1 N–H and O–H groups in total. The number of rotatable bonds is 4. The van der Waals surface area contributed by atoms with Crippen molar-refractivity contribution in [3.8, 4) is 0 Å². The number of likely N-dealkylation sites (N-methyl/N-ethyl adjacent to an activating group) is 1. The minimum atomic E-state index is 0. The number of halogens is 2. The Bertz CT molecular complexity index is 515. The van der Waals surface area contributed by atoms with Gasteiger partial charge in [0, 0.05) is 45.3 Å². The molecule has 0 bridgehead atoms. The van der Waals surface area contributed by atoms with Crippen molar-refractivity contribution in [2.24, 2.45) is 4.99 Å². The first-order valence-corrected chi connectivity index (χ1v) is 7.92. The van der Waals surface area contributed by atoms with E-state index in [0.29, 0.717) is 0 Å². The lowest BCUT2D eigenvalue weighted by Gasteiger charge is -2.31. The molecule has 1 aromatic carbocycles. The maximum absolute atomic E-state index is 6.03. The van der Waals surface area contributed by atoms with E-state index in [0.717, 1.165) is 49.3 Å². The Morgan fingerprint density at radius 3 is 2.96 bits per heavy atom. The van der Waals surface area contributed by atoms with Gasteiger partial charge in [0.05, 0.1) is 12.7 Å². The number of nitrogens with zero attached hydrogens (tertiary/aromatic N) is 3. The lowest BCUT2D eigenvalue weighted by molar-refractivity contribution is -0.0163. The van der Waals surface area contributed by atoms with Gasteiger partial charge >= 0.3 is 0 Å². The van der Waals surface area contributed by atoms with Crippen molar-refractivity contribution in [2.45, 2.75) is 12.6 Å². The number of hydrogen-bond acceptors (Lipinski definition) is 3. The summed E-state index contributed by atoms with van der Waals surface area (Å²) in [5.41, 5.74) is 1.16. The van der Waals surface area contributed by atoms with E-state index in [4.69, 9.17) is 16.3 Å². The first-order valence-electron chi connectivity index (χ1n) is 7.55. The molecule has 1 fully saturated rings. The van der Waals surface area contributed by atoms with E-state index < -0.39 is 0 Å². The molecule has 0 aromatic heterocycles. The van der Waals surface area contributed by atoms with E-state index in [1.165, 1.54) is 0 Å². The summed E-state index contributed by atoms with van der Waals surface area (Å²) in [7, 11) is 5.93. The molecule has 7 heteroatoms. The van der Waals surface area contributed by atoms with Gasteiger partial charge in [0.2, 0.25) is 0 Å². The van der Waals surface area contributed by atoms with Crippen molar-refractivity contribution >= 4 is 41.5 Å². The molecule has 0 radical (unpaired) electrons. The van der Waals surface area contributed by atoms with Gasteiger partial charge in [-0.3, -0.25) is 4.99 Å². The summed E-state index contributed by atoms with van der Waals surface area (Å²) < 4.78 is 5.76. The van der Waals surface area contributed by atoms with Gasteiger partial charge in [-0.15, -0.1) is 24.0 Å². The van der Waals surface area contributed by atoms with Crippen LogP contribution in [-0.4, -0.2) is 69.2 Å². The van der Waals surface area contributed by atoms with Crippen molar-refractivity contribution in [3.05, 3.63) is 34.9 Å². The van der Waals surface area contributed by atoms with Crippen LogP contribution in [0.4, 0.5) is 0 Å². The van der Waals surface area contributed by atoms with Crippen LogP contribution in [0.1, 0.15) is 5.56 Å². The second kappa shape index (κ2) is 10.3. The summed E-state index contributed by atoms with van der Waals surface area (Å²) >= 11 is 6.03. The quantitative estimate of drug-likeness (QED) is 0.432. The highest BCUT2D eigenvalue weighted by Gasteiger charge is 2.18. The first kappa shape index (κ1) is 20.5. The van der Waals surface area contributed by atoms with Gasteiger partial charge in [0.1, 0.15) is 0 Å². The molecule has 1 aliphatic heterocycles. The van der Waals surface area contributed by atoms with Crippen LogP contribution in [-0.2, 0) is 11.3 Å². The van der Waals surface area contributed by atoms with Crippen LogP contribution in [0, 0.1) is 0 Å². The number of morpholine rings is 1. The molecule has 1 aliphatic rings. The second-order valence-electron chi connectivity index (χ2n) is 5.67. The molecule has 23 heavy (non-hydrogen) atoms. The Labute approximate surface area is 161 Å². The molecule has 130 valence electrons. The third-order valence-electron chi connectivity index (χ3n) is 3.71. The number of guanidine groups is 1. The summed E-state index contributed by atoms with van der Waals surface area (Å²) in [6.45, 7) is 4.25. The smallest absolute Gasteiger partial charge is 0.193 e. The molecule has 1 saturated heterocycles. The summed E-state index contributed by atoms with van der Waals surface area (Å²) in [4.78, 5) is 8.71. The Morgan fingerprint density at radius 1 is 1.52 bits per heavy atom. The predicted octanol–water partition coefficient (Wildman–Crippen LogP) is 2.30. The Hall–Kier alpha value is -0.570. The zero-order chi connectivity index (χ0) is 15.9.